The van der Waals surface area contributed by atoms with Crippen molar-refractivity contribution in [1.29, 1.82) is 0 Å². The summed E-state index contributed by atoms with van der Waals surface area (Å²) < 4.78 is 6.61. The lowest BCUT2D eigenvalue weighted by molar-refractivity contribution is 0.0158. The first kappa shape index (κ1) is 13.8. The summed E-state index contributed by atoms with van der Waals surface area (Å²) in [4.78, 5) is 6.77. The van der Waals surface area contributed by atoms with Crippen LogP contribution in [0.25, 0.3) is 0 Å². The standard InChI is InChI=1S/C13H19BrN2O2/c1-10-8-12(14)13(15-9-10)16-4-2-11(3-5-16)18-7-6-17/h8-9,11,17H,2-7H2,1H3. The Labute approximate surface area is 116 Å². The van der Waals surface area contributed by atoms with Gasteiger partial charge in [-0.2, -0.15) is 0 Å². The highest BCUT2D eigenvalue weighted by molar-refractivity contribution is 9.10. The monoisotopic (exact) mass is 314 g/mol. The number of nitrogens with zero attached hydrogens (tertiary/aromatic N) is 2. The lowest BCUT2D eigenvalue weighted by atomic mass is 10.1. The van der Waals surface area contributed by atoms with Gasteiger partial charge in [-0.15, -0.1) is 0 Å². The van der Waals surface area contributed by atoms with E-state index in [1.165, 1.54) is 0 Å². The molecule has 0 amide bonds. The molecule has 1 saturated heterocycles. The molecule has 0 atom stereocenters. The van der Waals surface area contributed by atoms with Crippen LogP contribution in [0.4, 0.5) is 5.82 Å². The summed E-state index contributed by atoms with van der Waals surface area (Å²) in [5.41, 5.74) is 1.16. The molecule has 0 aliphatic carbocycles. The number of aromatic nitrogens is 1. The molecule has 100 valence electrons. The van der Waals surface area contributed by atoms with Crippen molar-refractivity contribution in [1.82, 2.24) is 4.98 Å². The third-order valence-electron chi connectivity index (χ3n) is 3.14. The van der Waals surface area contributed by atoms with Gasteiger partial charge in [0.05, 0.1) is 23.8 Å². The van der Waals surface area contributed by atoms with Crippen LogP contribution < -0.4 is 4.90 Å². The highest BCUT2D eigenvalue weighted by atomic mass is 79.9. The van der Waals surface area contributed by atoms with E-state index in [0.717, 1.165) is 41.8 Å². The molecule has 0 spiro atoms. The Morgan fingerprint density at radius 1 is 1.50 bits per heavy atom. The van der Waals surface area contributed by atoms with Crippen molar-refractivity contribution in [2.45, 2.75) is 25.9 Å². The van der Waals surface area contributed by atoms with Crippen LogP contribution in [0.2, 0.25) is 0 Å². The molecular weight excluding hydrogens is 296 g/mol. The molecule has 1 aromatic rings. The van der Waals surface area contributed by atoms with E-state index in [-0.39, 0.29) is 12.7 Å². The van der Waals surface area contributed by atoms with Gasteiger partial charge < -0.3 is 14.7 Å². The second-order valence-corrected chi connectivity index (χ2v) is 5.45. The second-order valence-electron chi connectivity index (χ2n) is 4.60. The Balaban J connectivity index is 1.93. The molecule has 1 fully saturated rings. The van der Waals surface area contributed by atoms with Gasteiger partial charge in [-0.05, 0) is 47.3 Å². The number of aliphatic hydroxyl groups excluding tert-OH is 1. The van der Waals surface area contributed by atoms with Crippen molar-refractivity contribution < 1.29 is 9.84 Å². The zero-order chi connectivity index (χ0) is 13.0. The number of aryl methyl sites for hydroxylation is 1. The maximum atomic E-state index is 8.74. The summed E-state index contributed by atoms with van der Waals surface area (Å²) in [5, 5.41) is 8.74. The molecule has 4 nitrogen and oxygen atoms in total. The third kappa shape index (κ3) is 3.43. The minimum absolute atomic E-state index is 0.102. The first-order valence-electron chi connectivity index (χ1n) is 6.30. The molecule has 1 aliphatic rings. The van der Waals surface area contributed by atoms with E-state index >= 15 is 0 Å². The first-order chi connectivity index (χ1) is 8.70. The summed E-state index contributed by atoms with van der Waals surface area (Å²) in [7, 11) is 0. The Hall–Kier alpha value is -0.650. The van der Waals surface area contributed by atoms with E-state index in [9.17, 15) is 0 Å². The van der Waals surface area contributed by atoms with Gasteiger partial charge in [0, 0.05) is 19.3 Å². The van der Waals surface area contributed by atoms with Gasteiger partial charge >= 0.3 is 0 Å². The number of halogens is 1. The van der Waals surface area contributed by atoms with Crippen LogP contribution in [0.1, 0.15) is 18.4 Å². The SMILES string of the molecule is Cc1cnc(N2CCC(OCCO)CC2)c(Br)c1. The minimum Gasteiger partial charge on any atom is -0.394 e. The number of anilines is 1. The molecule has 5 heteroatoms. The predicted molar refractivity (Wildman–Crippen MR) is 74.9 cm³/mol. The molecule has 0 saturated carbocycles. The van der Waals surface area contributed by atoms with E-state index in [1.807, 2.05) is 13.1 Å². The normalized spacial score (nSPS) is 17.2. The van der Waals surface area contributed by atoms with Crippen molar-refractivity contribution >= 4 is 21.7 Å². The van der Waals surface area contributed by atoms with Crippen LogP contribution in [0.5, 0.6) is 0 Å². The number of pyridine rings is 1. The maximum Gasteiger partial charge on any atom is 0.142 e. The van der Waals surface area contributed by atoms with E-state index in [1.54, 1.807) is 0 Å². The number of rotatable bonds is 4. The molecule has 0 unspecified atom stereocenters. The molecule has 0 radical (unpaired) electrons. The maximum absolute atomic E-state index is 8.74. The number of ether oxygens (including phenoxy) is 1. The summed E-state index contributed by atoms with van der Waals surface area (Å²) in [5.74, 6) is 1.02. The quantitative estimate of drug-likeness (QED) is 0.924. The zero-order valence-corrected chi connectivity index (χ0v) is 12.2. The van der Waals surface area contributed by atoms with Gasteiger partial charge in [0.1, 0.15) is 5.82 Å². The molecule has 0 aromatic carbocycles. The smallest absolute Gasteiger partial charge is 0.142 e. The number of hydrogen-bond donors (Lipinski definition) is 1. The van der Waals surface area contributed by atoms with Crippen molar-refractivity contribution in [3.05, 3.63) is 22.3 Å². The molecule has 2 heterocycles. The summed E-state index contributed by atoms with van der Waals surface area (Å²) in [6, 6.07) is 2.09. The molecule has 1 aromatic heterocycles. The first-order valence-corrected chi connectivity index (χ1v) is 7.09. The Morgan fingerprint density at radius 3 is 2.83 bits per heavy atom. The van der Waals surface area contributed by atoms with Crippen LogP contribution in [-0.2, 0) is 4.74 Å². The molecule has 1 aliphatic heterocycles. The Morgan fingerprint density at radius 2 is 2.22 bits per heavy atom. The van der Waals surface area contributed by atoms with Crippen LogP contribution in [-0.4, -0.2) is 42.5 Å². The fourth-order valence-corrected chi connectivity index (χ4v) is 2.93. The Kier molecular flexibility index (Phi) is 4.97. The van der Waals surface area contributed by atoms with E-state index < -0.39 is 0 Å². The lowest BCUT2D eigenvalue weighted by Gasteiger charge is -2.33. The van der Waals surface area contributed by atoms with E-state index in [4.69, 9.17) is 9.84 Å². The summed E-state index contributed by atoms with van der Waals surface area (Å²) in [6.07, 6.45) is 4.15. The van der Waals surface area contributed by atoms with Crippen molar-refractivity contribution in [2.24, 2.45) is 0 Å². The average molecular weight is 315 g/mol. The van der Waals surface area contributed by atoms with Crippen molar-refractivity contribution in [3.63, 3.8) is 0 Å². The lowest BCUT2D eigenvalue weighted by Crippen LogP contribution is -2.38. The third-order valence-corrected chi connectivity index (χ3v) is 3.73. The summed E-state index contributed by atoms with van der Waals surface area (Å²) >= 11 is 3.57. The van der Waals surface area contributed by atoms with Crippen LogP contribution >= 0.6 is 15.9 Å². The number of aliphatic hydroxyl groups is 1. The molecule has 1 N–H and O–H groups in total. The minimum atomic E-state index is 0.102. The predicted octanol–water partition coefficient (Wildman–Crippen LogP) is 2.13. The van der Waals surface area contributed by atoms with Gasteiger partial charge in [0.15, 0.2) is 0 Å². The van der Waals surface area contributed by atoms with Crippen molar-refractivity contribution in [2.75, 3.05) is 31.2 Å². The van der Waals surface area contributed by atoms with Crippen molar-refractivity contribution in [3.8, 4) is 0 Å². The van der Waals surface area contributed by atoms with Crippen LogP contribution in [0.15, 0.2) is 16.7 Å². The van der Waals surface area contributed by atoms with E-state index in [0.29, 0.717) is 6.61 Å². The van der Waals surface area contributed by atoms with Gasteiger partial charge in [-0.25, -0.2) is 4.98 Å². The largest absolute Gasteiger partial charge is 0.394 e. The molecule has 2 rings (SSSR count). The van der Waals surface area contributed by atoms with Gasteiger partial charge in [-0.3, -0.25) is 0 Å². The average Bonchev–Trinajstić information content (AvgIpc) is 2.37. The topological polar surface area (TPSA) is 45.6 Å². The van der Waals surface area contributed by atoms with Crippen LogP contribution in [0.3, 0.4) is 0 Å². The number of hydrogen-bond acceptors (Lipinski definition) is 4. The summed E-state index contributed by atoms with van der Waals surface area (Å²) in [6.45, 7) is 4.48. The highest BCUT2D eigenvalue weighted by Gasteiger charge is 2.21. The van der Waals surface area contributed by atoms with Gasteiger partial charge in [-0.1, -0.05) is 0 Å². The Bertz CT molecular complexity index is 393. The second kappa shape index (κ2) is 6.50. The van der Waals surface area contributed by atoms with Crippen LogP contribution in [0, 0.1) is 6.92 Å². The fraction of sp³-hybridized carbons (Fsp3) is 0.615. The molecule has 0 bridgehead atoms. The van der Waals surface area contributed by atoms with E-state index in [2.05, 4.69) is 31.9 Å². The highest BCUT2D eigenvalue weighted by Crippen LogP contribution is 2.27. The zero-order valence-electron chi connectivity index (χ0n) is 10.6. The van der Waals surface area contributed by atoms with Gasteiger partial charge in [0.2, 0.25) is 0 Å². The fourth-order valence-electron chi connectivity index (χ4n) is 2.21. The van der Waals surface area contributed by atoms with Gasteiger partial charge in [0.25, 0.3) is 0 Å². The molecule has 18 heavy (non-hydrogen) atoms. The number of piperidine rings is 1. The molecular formula is C13H19BrN2O2.